The lowest BCUT2D eigenvalue weighted by Crippen LogP contribution is -2.26. The second kappa shape index (κ2) is 9.75. The van der Waals surface area contributed by atoms with Crippen molar-refractivity contribution in [1.82, 2.24) is 20.3 Å². The molecule has 0 aliphatic heterocycles. The Labute approximate surface area is 173 Å². The number of aliphatic hydroxyl groups excluding tert-OH is 1. The molecule has 0 radical (unpaired) electrons. The van der Waals surface area contributed by atoms with Gasteiger partial charge in [0.05, 0.1) is 30.1 Å². The molecule has 0 fully saturated rings. The molecule has 0 aliphatic carbocycles. The number of aryl methyl sites for hydroxylation is 1. The maximum Gasteiger partial charge on any atom is 0.254 e. The Morgan fingerprint density at radius 2 is 2.10 bits per heavy atom. The topological polar surface area (TPSA) is 109 Å². The van der Waals surface area contributed by atoms with Crippen LogP contribution in [0.15, 0.2) is 42.9 Å². The van der Waals surface area contributed by atoms with Crippen molar-refractivity contribution >= 4 is 17.4 Å². The quantitative estimate of drug-likeness (QED) is 0.489. The summed E-state index contributed by atoms with van der Waals surface area (Å²) in [5, 5.41) is 14.7. The van der Waals surface area contributed by atoms with Crippen molar-refractivity contribution in [2.75, 3.05) is 25.6 Å². The highest BCUT2D eigenvalue weighted by molar-refractivity contribution is 6.00. The molecular weight excluding hydrogens is 389 g/mol. The summed E-state index contributed by atoms with van der Waals surface area (Å²) in [6.07, 6.45) is 4.83. The molecule has 9 heteroatoms. The number of rotatable bonds is 8. The van der Waals surface area contributed by atoms with E-state index in [1.165, 1.54) is 31.8 Å². The normalized spacial score (nSPS) is 10.5. The van der Waals surface area contributed by atoms with Crippen LogP contribution < -0.4 is 15.4 Å². The van der Waals surface area contributed by atoms with E-state index in [0.29, 0.717) is 30.0 Å². The number of aliphatic hydroxyl groups is 1. The molecule has 30 heavy (non-hydrogen) atoms. The van der Waals surface area contributed by atoms with Crippen molar-refractivity contribution in [3.63, 3.8) is 0 Å². The largest absolute Gasteiger partial charge is 0.491 e. The number of amides is 1. The van der Waals surface area contributed by atoms with Crippen molar-refractivity contribution in [3.8, 4) is 17.1 Å². The summed E-state index contributed by atoms with van der Waals surface area (Å²) in [5.41, 5.74) is 1.87. The van der Waals surface area contributed by atoms with Gasteiger partial charge in [-0.25, -0.2) is 14.4 Å². The Balaban J connectivity index is 1.95. The van der Waals surface area contributed by atoms with Gasteiger partial charge in [-0.2, -0.15) is 0 Å². The van der Waals surface area contributed by atoms with Gasteiger partial charge in [0.1, 0.15) is 5.82 Å². The maximum atomic E-state index is 14.3. The Morgan fingerprint density at radius 1 is 1.27 bits per heavy atom. The van der Waals surface area contributed by atoms with E-state index < -0.39 is 5.82 Å². The van der Waals surface area contributed by atoms with Crippen LogP contribution >= 0.6 is 0 Å². The Morgan fingerprint density at radius 3 is 2.87 bits per heavy atom. The molecule has 0 bridgehead atoms. The average molecular weight is 411 g/mol. The number of carbonyl (C=O) groups is 1. The molecular formula is C21H22FN5O3. The van der Waals surface area contributed by atoms with Crippen LogP contribution in [0, 0.1) is 12.7 Å². The maximum absolute atomic E-state index is 14.3. The zero-order valence-electron chi connectivity index (χ0n) is 16.6. The van der Waals surface area contributed by atoms with Gasteiger partial charge in [0.25, 0.3) is 5.91 Å². The molecule has 1 amide bonds. The van der Waals surface area contributed by atoms with Gasteiger partial charge in [0.2, 0.25) is 0 Å². The number of nitrogens with zero attached hydrogens (tertiary/aromatic N) is 3. The Kier molecular flexibility index (Phi) is 6.87. The third kappa shape index (κ3) is 4.87. The molecule has 156 valence electrons. The standard InChI is InChI=1S/C21H22FN5O3/c1-13-4-5-16(22)14(10-13)19-25-12-18(30-2)20(27-19)26-17-6-8-23-11-15(17)21(29)24-7-3-9-28/h4-6,8,10-12,28H,3,7,9H2,1-2H3,(H,24,29)(H,23,25,26,27). The van der Waals surface area contributed by atoms with Crippen LogP contribution in [0.3, 0.4) is 0 Å². The molecule has 1 aromatic carbocycles. The number of methoxy groups -OCH3 is 1. The smallest absolute Gasteiger partial charge is 0.254 e. The van der Waals surface area contributed by atoms with E-state index in [1.54, 1.807) is 18.2 Å². The monoisotopic (exact) mass is 411 g/mol. The van der Waals surface area contributed by atoms with Crippen LogP contribution in [-0.4, -0.2) is 46.2 Å². The van der Waals surface area contributed by atoms with E-state index in [-0.39, 0.29) is 29.7 Å². The lowest BCUT2D eigenvalue weighted by molar-refractivity contribution is 0.0951. The first-order valence-corrected chi connectivity index (χ1v) is 9.31. The number of ether oxygens (including phenoxy) is 1. The predicted octanol–water partition coefficient (Wildman–Crippen LogP) is 2.85. The average Bonchev–Trinajstić information content (AvgIpc) is 2.76. The van der Waals surface area contributed by atoms with Crippen molar-refractivity contribution in [2.24, 2.45) is 0 Å². The third-order valence-electron chi connectivity index (χ3n) is 4.28. The minimum atomic E-state index is -0.440. The number of carbonyl (C=O) groups excluding carboxylic acids is 1. The van der Waals surface area contributed by atoms with Crippen LogP contribution in [0.5, 0.6) is 5.75 Å². The third-order valence-corrected chi connectivity index (χ3v) is 4.28. The van der Waals surface area contributed by atoms with Crippen LogP contribution in [0.2, 0.25) is 0 Å². The number of hydrogen-bond acceptors (Lipinski definition) is 7. The van der Waals surface area contributed by atoms with Gasteiger partial charge in [0.15, 0.2) is 17.4 Å². The SMILES string of the molecule is COc1cnc(-c2cc(C)ccc2F)nc1Nc1ccncc1C(=O)NCCCO. The predicted molar refractivity (Wildman–Crippen MR) is 110 cm³/mol. The number of aromatic nitrogens is 3. The zero-order valence-corrected chi connectivity index (χ0v) is 16.6. The summed E-state index contributed by atoms with van der Waals surface area (Å²) in [6.45, 7) is 2.16. The first-order chi connectivity index (χ1) is 14.5. The van der Waals surface area contributed by atoms with Gasteiger partial charge in [-0.15, -0.1) is 0 Å². The molecule has 3 N–H and O–H groups in total. The van der Waals surface area contributed by atoms with E-state index in [0.717, 1.165) is 5.56 Å². The summed E-state index contributed by atoms with van der Waals surface area (Å²) in [6, 6.07) is 6.31. The molecule has 2 aromatic heterocycles. The van der Waals surface area contributed by atoms with Crippen molar-refractivity contribution in [1.29, 1.82) is 0 Å². The van der Waals surface area contributed by atoms with Crippen LogP contribution in [-0.2, 0) is 0 Å². The molecule has 2 heterocycles. The molecule has 0 atom stereocenters. The first kappa shape index (κ1) is 21.1. The number of halogens is 1. The molecule has 0 saturated heterocycles. The number of pyridine rings is 1. The molecule has 0 spiro atoms. The van der Waals surface area contributed by atoms with Gasteiger partial charge in [0, 0.05) is 25.5 Å². The van der Waals surface area contributed by atoms with E-state index in [2.05, 4.69) is 25.6 Å². The second-order valence-corrected chi connectivity index (χ2v) is 6.47. The molecule has 0 aliphatic rings. The van der Waals surface area contributed by atoms with Crippen molar-refractivity contribution < 1.29 is 19.0 Å². The van der Waals surface area contributed by atoms with Gasteiger partial charge in [-0.1, -0.05) is 11.6 Å². The summed E-state index contributed by atoms with van der Waals surface area (Å²) in [4.78, 5) is 25.1. The van der Waals surface area contributed by atoms with Crippen molar-refractivity contribution in [3.05, 3.63) is 59.8 Å². The molecule has 3 aromatic rings. The van der Waals surface area contributed by atoms with E-state index in [9.17, 15) is 9.18 Å². The molecule has 0 unspecified atom stereocenters. The number of anilines is 2. The number of benzene rings is 1. The van der Waals surface area contributed by atoms with E-state index in [1.807, 2.05) is 6.92 Å². The summed E-state index contributed by atoms with van der Waals surface area (Å²) < 4.78 is 19.6. The number of nitrogens with one attached hydrogen (secondary N) is 2. The fourth-order valence-corrected chi connectivity index (χ4v) is 2.74. The lowest BCUT2D eigenvalue weighted by Gasteiger charge is -2.14. The zero-order chi connectivity index (χ0) is 21.5. The van der Waals surface area contributed by atoms with Gasteiger partial charge < -0.3 is 20.5 Å². The minimum absolute atomic E-state index is 0.0190. The highest BCUT2D eigenvalue weighted by Crippen LogP contribution is 2.30. The van der Waals surface area contributed by atoms with Gasteiger partial charge in [-0.05, 0) is 31.5 Å². The highest BCUT2D eigenvalue weighted by atomic mass is 19.1. The number of hydrogen-bond donors (Lipinski definition) is 3. The Hall–Kier alpha value is -3.59. The molecule has 3 rings (SSSR count). The van der Waals surface area contributed by atoms with Gasteiger partial charge >= 0.3 is 0 Å². The summed E-state index contributed by atoms with van der Waals surface area (Å²) in [5.74, 6) is -0.00150. The van der Waals surface area contributed by atoms with Crippen LogP contribution in [0.25, 0.3) is 11.4 Å². The lowest BCUT2D eigenvalue weighted by atomic mass is 10.1. The van der Waals surface area contributed by atoms with E-state index in [4.69, 9.17) is 9.84 Å². The summed E-state index contributed by atoms with van der Waals surface area (Å²) in [7, 11) is 1.46. The fraction of sp³-hybridized carbons (Fsp3) is 0.238. The molecule has 8 nitrogen and oxygen atoms in total. The fourth-order valence-electron chi connectivity index (χ4n) is 2.74. The first-order valence-electron chi connectivity index (χ1n) is 9.31. The molecule has 0 saturated carbocycles. The minimum Gasteiger partial charge on any atom is -0.491 e. The van der Waals surface area contributed by atoms with Crippen molar-refractivity contribution in [2.45, 2.75) is 13.3 Å². The van der Waals surface area contributed by atoms with Crippen LogP contribution in [0.1, 0.15) is 22.3 Å². The summed E-state index contributed by atoms with van der Waals surface area (Å²) >= 11 is 0. The Bertz CT molecular complexity index is 1040. The van der Waals surface area contributed by atoms with Gasteiger partial charge in [-0.3, -0.25) is 9.78 Å². The van der Waals surface area contributed by atoms with E-state index >= 15 is 0 Å². The second-order valence-electron chi connectivity index (χ2n) is 6.47. The van der Waals surface area contributed by atoms with Crippen LogP contribution in [0.4, 0.5) is 15.9 Å². The highest BCUT2D eigenvalue weighted by Gasteiger charge is 2.16.